The number of rotatable bonds is 3. The minimum atomic E-state index is -0.480. The molecule has 0 radical (unpaired) electrons. The Balaban J connectivity index is 0.000000280. The Hall–Kier alpha value is -1.55. The van der Waals surface area contributed by atoms with Crippen LogP contribution < -0.4 is 5.32 Å². The van der Waals surface area contributed by atoms with Crippen molar-refractivity contribution in [1.82, 2.24) is 5.32 Å². The number of ether oxygens (including phenoxy) is 1. The fraction of sp³-hybridized carbons (Fsp3) is 0.364. The zero-order valence-electron chi connectivity index (χ0n) is 8.85. The molecule has 0 atom stereocenters. The first kappa shape index (κ1) is 13.4. The van der Waals surface area contributed by atoms with Gasteiger partial charge in [0.25, 0.3) is 0 Å². The lowest BCUT2D eigenvalue weighted by Crippen LogP contribution is -2.24. The number of alkyl carbamates (subject to hydrolysis) is 1. The molecule has 0 aliphatic carbocycles. The average molecular weight is 211 g/mol. The van der Waals surface area contributed by atoms with Crippen molar-refractivity contribution in [2.45, 2.75) is 6.92 Å². The summed E-state index contributed by atoms with van der Waals surface area (Å²) in [5, 5.41) is 10.6. The second kappa shape index (κ2) is 10.5. The topological polar surface area (TPSA) is 58.6 Å². The number of nitrogens with one attached hydrogen (secondary N) is 1. The average Bonchev–Trinajstić information content (AvgIpc) is 2.30. The van der Waals surface area contributed by atoms with Gasteiger partial charge in [0, 0.05) is 6.54 Å². The third kappa shape index (κ3) is 10.4. The summed E-state index contributed by atoms with van der Waals surface area (Å²) in [6, 6.07) is 12.0. The number of carbonyl (C=O) groups is 1. The van der Waals surface area contributed by atoms with Crippen LogP contribution >= 0.6 is 0 Å². The van der Waals surface area contributed by atoms with Crippen molar-refractivity contribution in [1.29, 1.82) is 0 Å². The van der Waals surface area contributed by atoms with Crippen molar-refractivity contribution < 1.29 is 14.6 Å². The Labute approximate surface area is 89.9 Å². The van der Waals surface area contributed by atoms with Gasteiger partial charge in [-0.1, -0.05) is 36.4 Å². The SMILES string of the molecule is CCNC(=O)OCCO.c1ccccc1. The second-order valence-electron chi connectivity index (χ2n) is 2.54. The molecule has 0 heterocycles. The molecule has 4 heteroatoms. The lowest BCUT2D eigenvalue weighted by atomic mass is 10.4. The summed E-state index contributed by atoms with van der Waals surface area (Å²) in [7, 11) is 0. The molecule has 15 heavy (non-hydrogen) atoms. The molecule has 0 aliphatic heterocycles. The van der Waals surface area contributed by atoms with Crippen LogP contribution in [0.3, 0.4) is 0 Å². The number of carbonyl (C=O) groups excluding carboxylic acids is 1. The van der Waals surface area contributed by atoms with E-state index in [1.807, 2.05) is 36.4 Å². The summed E-state index contributed by atoms with van der Waals surface area (Å²) in [6.45, 7) is 2.27. The highest BCUT2D eigenvalue weighted by Crippen LogP contribution is 1.79. The molecular weight excluding hydrogens is 194 g/mol. The van der Waals surface area contributed by atoms with Crippen LogP contribution in [-0.4, -0.2) is 31.0 Å². The summed E-state index contributed by atoms with van der Waals surface area (Å²) >= 11 is 0. The summed E-state index contributed by atoms with van der Waals surface area (Å²) in [5.41, 5.74) is 0. The predicted molar refractivity (Wildman–Crippen MR) is 58.6 cm³/mol. The highest BCUT2D eigenvalue weighted by molar-refractivity contribution is 5.66. The predicted octanol–water partition coefficient (Wildman–Crippen LogP) is 1.41. The standard InChI is InChI=1S/C6H6.C5H11NO3/c1-2-4-6-5-3-1;1-2-6-5(8)9-4-3-7/h1-6H;7H,2-4H2,1H3,(H,6,8). The Morgan fingerprint density at radius 3 is 2.00 bits per heavy atom. The largest absolute Gasteiger partial charge is 0.447 e. The Kier molecular flexibility index (Phi) is 9.44. The fourth-order valence-corrected chi connectivity index (χ4v) is 0.719. The molecule has 0 saturated carbocycles. The van der Waals surface area contributed by atoms with Crippen LogP contribution in [0.2, 0.25) is 0 Å². The summed E-state index contributed by atoms with van der Waals surface area (Å²) in [6.07, 6.45) is -0.480. The number of hydrogen-bond donors (Lipinski definition) is 2. The number of benzene rings is 1. The van der Waals surface area contributed by atoms with Crippen LogP contribution in [0, 0.1) is 0 Å². The fourth-order valence-electron chi connectivity index (χ4n) is 0.719. The van der Waals surface area contributed by atoms with Gasteiger partial charge in [-0.15, -0.1) is 0 Å². The van der Waals surface area contributed by atoms with Crippen molar-refractivity contribution >= 4 is 6.09 Å². The minimum absolute atomic E-state index is 0.0613. The molecule has 0 unspecified atom stereocenters. The normalized spacial score (nSPS) is 8.40. The van der Waals surface area contributed by atoms with Crippen molar-refractivity contribution in [2.24, 2.45) is 0 Å². The first-order chi connectivity index (χ1) is 7.31. The van der Waals surface area contributed by atoms with E-state index in [2.05, 4.69) is 10.1 Å². The van der Waals surface area contributed by atoms with Crippen molar-refractivity contribution in [3.05, 3.63) is 36.4 Å². The van der Waals surface area contributed by atoms with E-state index in [1.54, 1.807) is 6.92 Å². The van der Waals surface area contributed by atoms with Gasteiger partial charge in [-0.05, 0) is 6.92 Å². The number of hydrogen-bond acceptors (Lipinski definition) is 3. The van der Waals surface area contributed by atoms with E-state index in [0.29, 0.717) is 6.54 Å². The van der Waals surface area contributed by atoms with Crippen molar-refractivity contribution in [3.63, 3.8) is 0 Å². The lowest BCUT2D eigenvalue weighted by molar-refractivity contribution is 0.119. The van der Waals surface area contributed by atoms with E-state index in [-0.39, 0.29) is 13.2 Å². The Morgan fingerprint density at radius 1 is 1.20 bits per heavy atom. The van der Waals surface area contributed by atoms with E-state index in [1.165, 1.54) is 0 Å². The quantitative estimate of drug-likeness (QED) is 0.794. The zero-order chi connectivity index (χ0) is 11.4. The van der Waals surface area contributed by atoms with Crippen LogP contribution in [0.4, 0.5) is 4.79 Å². The van der Waals surface area contributed by atoms with Crippen LogP contribution in [-0.2, 0) is 4.74 Å². The van der Waals surface area contributed by atoms with Crippen LogP contribution in [0.5, 0.6) is 0 Å². The molecular formula is C11H17NO3. The molecule has 1 amide bonds. The molecule has 1 aromatic rings. The van der Waals surface area contributed by atoms with E-state index >= 15 is 0 Å². The van der Waals surface area contributed by atoms with Crippen LogP contribution in [0.25, 0.3) is 0 Å². The van der Waals surface area contributed by atoms with Gasteiger partial charge >= 0.3 is 6.09 Å². The molecule has 0 aromatic heterocycles. The molecule has 0 aliphatic rings. The van der Waals surface area contributed by atoms with Gasteiger partial charge in [0.15, 0.2) is 0 Å². The molecule has 84 valence electrons. The van der Waals surface area contributed by atoms with Crippen molar-refractivity contribution in [3.8, 4) is 0 Å². The van der Waals surface area contributed by atoms with Gasteiger partial charge in [-0.2, -0.15) is 0 Å². The summed E-state index contributed by atoms with van der Waals surface area (Å²) in [4.78, 5) is 10.4. The monoisotopic (exact) mass is 211 g/mol. The Morgan fingerprint density at radius 2 is 1.67 bits per heavy atom. The maximum atomic E-state index is 10.4. The Bertz CT molecular complexity index is 212. The van der Waals surface area contributed by atoms with Gasteiger partial charge in [0.1, 0.15) is 6.61 Å². The number of aliphatic hydroxyl groups excluding tert-OH is 1. The third-order valence-corrected chi connectivity index (χ3v) is 1.31. The molecule has 0 spiro atoms. The molecule has 4 nitrogen and oxygen atoms in total. The first-order valence-electron chi connectivity index (χ1n) is 4.82. The van der Waals surface area contributed by atoms with Gasteiger partial charge in [0.2, 0.25) is 0 Å². The number of amides is 1. The smallest absolute Gasteiger partial charge is 0.407 e. The second-order valence-corrected chi connectivity index (χ2v) is 2.54. The molecule has 1 rings (SSSR count). The van der Waals surface area contributed by atoms with Crippen LogP contribution in [0.15, 0.2) is 36.4 Å². The highest BCUT2D eigenvalue weighted by Gasteiger charge is 1.95. The van der Waals surface area contributed by atoms with E-state index < -0.39 is 6.09 Å². The minimum Gasteiger partial charge on any atom is -0.447 e. The molecule has 1 aromatic carbocycles. The van der Waals surface area contributed by atoms with Gasteiger partial charge in [-0.3, -0.25) is 0 Å². The number of aliphatic hydroxyl groups is 1. The van der Waals surface area contributed by atoms with E-state index in [4.69, 9.17) is 5.11 Å². The lowest BCUT2D eigenvalue weighted by Gasteiger charge is -2.01. The van der Waals surface area contributed by atoms with E-state index in [0.717, 1.165) is 0 Å². The van der Waals surface area contributed by atoms with Gasteiger partial charge < -0.3 is 15.2 Å². The molecule has 0 bridgehead atoms. The molecule has 0 saturated heterocycles. The zero-order valence-corrected chi connectivity index (χ0v) is 8.85. The highest BCUT2D eigenvalue weighted by atomic mass is 16.6. The van der Waals surface area contributed by atoms with E-state index in [9.17, 15) is 4.79 Å². The molecule has 2 N–H and O–H groups in total. The maximum absolute atomic E-state index is 10.4. The maximum Gasteiger partial charge on any atom is 0.407 e. The first-order valence-corrected chi connectivity index (χ1v) is 4.82. The van der Waals surface area contributed by atoms with Crippen molar-refractivity contribution in [2.75, 3.05) is 19.8 Å². The van der Waals surface area contributed by atoms with Crippen LogP contribution in [0.1, 0.15) is 6.92 Å². The van der Waals surface area contributed by atoms with Gasteiger partial charge in [0.05, 0.1) is 6.61 Å². The van der Waals surface area contributed by atoms with Gasteiger partial charge in [-0.25, -0.2) is 4.79 Å². The third-order valence-electron chi connectivity index (χ3n) is 1.31. The summed E-state index contributed by atoms with van der Waals surface area (Å²) in [5.74, 6) is 0. The summed E-state index contributed by atoms with van der Waals surface area (Å²) < 4.78 is 4.43. The molecule has 0 fully saturated rings.